The van der Waals surface area contributed by atoms with E-state index in [9.17, 15) is 26.8 Å². The van der Waals surface area contributed by atoms with E-state index in [1.54, 1.807) is 6.92 Å². The van der Waals surface area contributed by atoms with Gasteiger partial charge in [-0.15, -0.1) is 0 Å². The zero-order valence-electron chi connectivity index (χ0n) is 15.5. The maximum atomic E-state index is 13.4. The highest BCUT2D eigenvalue weighted by Gasteiger charge is 2.29. The molecule has 1 unspecified atom stereocenters. The summed E-state index contributed by atoms with van der Waals surface area (Å²) in [5.74, 6) is -2.86. The summed E-state index contributed by atoms with van der Waals surface area (Å²) in [4.78, 5) is 23.8. The minimum Gasteiger partial charge on any atom is -0.354 e. The Morgan fingerprint density at radius 1 is 1.14 bits per heavy atom. The molecule has 7 nitrogen and oxygen atoms in total. The molecule has 2 N–H and O–H groups in total. The predicted molar refractivity (Wildman–Crippen MR) is 100 cm³/mol. The second kappa shape index (κ2) is 8.26. The molecule has 1 atom stereocenters. The molecule has 0 saturated carbocycles. The molecule has 2 aromatic rings. The van der Waals surface area contributed by atoms with Gasteiger partial charge in [-0.05, 0) is 48.9 Å². The number of piperazine rings is 1. The van der Waals surface area contributed by atoms with Gasteiger partial charge in [0.05, 0.1) is 17.5 Å². The topological polar surface area (TPSA) is 95.6 Å². The number of benzene rings is 2. The number of carbonyl (C=O) groups is 2. The van der Waals surface area contributed by atoms with Crippen LogP contribution in [0.25, 0.3) is 0 Å². The fourth-order valence-electron chi connectivity index (χ4n) is 2.89. The fourth-order valence-corrected chi connectivity index (χ4v) is 4.29. The number of nitrogens with one attached hydrogen (secondary N) is 2. The molecule has 3 rings (SSSR count). The highest BCUT2D eigenvalue weighted by molar-refractivity contribution is 7.89. The first kappa shape index (κ1) is 20.9. The third kappa shape index (κ3) is 4.60. The van der Waals surface area contributed by atoms with E-state index in [2.05, 4.69) is 10.6 Å². The number of hydrogen-bond donors (Lipinski definition) is 2. The van der Waals surface area contributed by atoms with Gasteiger partial charge in [0, 0.05) is 18.7 Å². The number of sulfonamides is 1. The van der Waals surface area contributed by atoms with E-state index in [1.807, 2.05) is 0 Å². The molecule has 2 aromatic carbocycles. The number of nitrogens with zero attached hydrogens (tertiary/aromatic N) is 1. The lowest BCUT2D eigenvalue weighted by Gasteiger charge is -2.25. The highest BCUT2D eigenvalue weighted by Crippen LogP contribution is 2.19. The van der Waals surface area contributed by atoms with Crippen molar-refractivity contribution in [3.8, 4) is 0 Å². The second-order valence-corrected chi connectivity index (χ2v) is 8.52. The summed E-state index contributed by atoms with van der Waals surface area (Å²) in [5, 5.41) is 5.20. The molecule has 10 heteroatoms. The number of carbonyl (C=O) groups excluding carboxylic acids is 2. The van der Waals surface area contributed by atoms with E-state index >= 15 is 0 Å². The molecule has 1 heterocycles. The van der Waals surface area contributed by atoms with Crippen LogP contribution in [0.4, 0.5) is 8.78 Å². The molecule has 1 aliphatic heterocycles. The van der Waals surface area contributed by atoms with Crippen LogP contribution in [0.5, 0.6) is 0 Å². The summed E-state index contributed by atoms with van der Waals surface area (Å²) < 4.78 is 52.7. The molecule has 0 aromatic heterocycles. The molecular formula is C19H19F2N3O4S. The van der Waals surface area contributed by atoms with Crippen LogP contribution < -0.4 is 10.6 Å². The first-order valence-electron chi connectivity index (χ1n) is 8.81. The third-order valence-corrected chi connectivity index (χ3v) is 6.41. The summed E-state index contributed by atoms with van der Waals surface area (Å²) in [7, 11) is -3.85. The molecule has 0 radical (unpaired) electrons. The van der Waals surface area contributed by atoms with Gasteiger partial charge in [0.2, 0.25) is 15.9 Å². The number of hydrogen-bond acceptors (Lipinski definition) is 4. The van der Waals surface area contributed by atoms with Gasteiger partial charge in [-0.3, -0.25) is 9.59 Å². The van der Waals surface area contributed by atoms with Crippen LogP contribution in [0.3, 0.4) is 0 Å². The molecule has 0 aliphatic carbocycles. The van der Waals surface area contributed by atoms with Gasteiger partial charge in [0.15, 0.2) is 11.6 Å². The van der Waals surface area contributed by atoms with Crippen LogP contribution in [0.1, 0.15) is 28.9 Å². The molecule has 154 valence electrons. The molecule has 1 fully saturated rings. The highest BCUT2D eigenvalue weighted by atomic mass is 32.2. The zero-order chi connectivity index (χ0) is 21.2. The van der Waals surface area contributed by atoms with Crippen LogP contribution in [0.2, 0.25) is 0 Å². The number of halogens is 2. The van der Waals surface area contributed by atoms with Crippen molar-refractivity contribution in [3.05, 3.63) is 65.2 Å². The Kier molecular flexibility index (Phi) is 5.94. The zero-order valence-corrected chi connectivity index (χ0v) is 16.3. The van der Waals surface area contributed by atoms with E-state index in [1.165, 1.54) is 30.3 Å². The Balaban J connectivity index is 1.71. The summed E-state index contributed by atoms with van der Waals surface area (Å²) in [6.45, 7) is 1.77. The molecule has 1 aliphatic rings. The average molecular weight is 423 g/mol. The van der Waals surface area contributed by atoms with Crippen LogP contribution in [0, 0.1) is 11.6 Å². The lowest BCUT2D eigenvalue weighted by Crippen LogP contribution is -2.49. The normalized spacial score (nSPS) is 16.2. The quantitative estimate of drug-likeness (QED) is 0.763. The van der Waals surface area contributed by atoms with Gasteiger partial charge in [-0.25, -0.2) is 17.2 Å². The van der Waals surface area contributed by atoms with E-state index in [-0.39, 0.29) is 36.0 Å². The summed E-state index contributed by atoms with van der Waals surface area (Å²) >= 11 is 0. The largest absolute Gasteiger partial charge is 0.354 e. The van der Waals surface area contributed by atoms with Crippen LogP contribution in [0.15, 0.2) is 47.4 Å². The lowest BCUT2D eigenvalue weighted by atomic mass is 10.1. The predicted octanol–water partition coefficient (Wildman–Crippen LogP) is 1.58. The van der Waals surface area contributed by atoms with Crippen molar-refractivity contribution in [3.63, 3.8) is 0 Å². The van der Waals surface area contributed by atoms with Gasteiger partial charge in [0.1, 0.15) is 0 Å². The Labute approximate surface area is 166 Å². The van der Waals surface area contributed by atoms with Gasteiger partial charge in [0.25, 0.3) is 5.91 Å². The molecular weight excluding hydrogens is 404 g/mol. The number of amides is 2. The molecule has 29 heavy (non-hydrogen) atoms. The summed E-state index contributed by atoms with van der Waals surface area (Å²) in [6.07, 6.45) is 0. The minimum absolute atomic E-state index is 0.0302. The molecule has 2 amide bonds. The maximum absolute atomic E-state index is 13.4. The molecule has 1 saturated heterocycles. The maximum Gasteiger partial charge on any atom is 0.251 e. The van der Waals surface area contributed by atoms with Crippen LogP contribution >= 0.6 is 0 Å². The number of rotatable bonds is 5. The Bertz CT molecular complexity index is 1040. The Morgan fingerprint density at radius 3 is 2.45 bits per heavy atom. The van der Waals surface area contributed by atoms with Crippen molar-refractivity contribution in [2.75, 3.05) is 19.6 Å². The van der Waals surface area contributed by atoms with Crippen molar-refractivity contribution in [2.24, 2.45) is 0 Å². The first-order chi connectivity index (χ1) is 13.7. The van der Waals surface area contributed by atoms with Crippen molar-refractivity contribution < 1.29 is 26.8 Å². The van der Waals surface area contributed by atoms with Crippen LogP contribution in [-0.2, 0) is 14.8 Å². The van der Waals surface area contributed by atoms with Gasteiger partial charge >= 0.3 is 0 Å². The van der Waals surface area contributed by atoms with E-state index < -0.39 is 33.6 Å². The van der Waals surface area contributed by atoms with Crippen molar-refractivity contribution in [1.29, 1.82) is 0 Å². The average Bonchev–Trinajstić information content (AvgIpc) is 2.70. The second-order valence-electron chi connectivity index (χ2n) is 6.58. The smallest absolute Gasteiger partial charge is 0.251 e. The molecule has 0 bridgehead atoms. The van der Waals surface area contributed by atoms with E-state index in [4.69, 9.17) is 0 Å². The lowest BCUT2D eigenvalue weighted by molar-refractivity contribution is -0.122. The minimum atomic E-state index is -3.85. The molecule has 0 spiro atoms. The standard InChI is InChI=1S/C19H19F2N3O4S/c1-12(14-4-7-16(20)17(21)10-14)23-19(26)13-2-5-15(6-3-13)29(27,28)24-9-8-22-18(25)11-24/h2-7,10,12H,8-9,11H2,1H3,(H,22,25)(H,23,26). The Hall–Kier alpha value is -2.85. The SMILES string of the molecule is CC(NC(=O)c1ccc(S(=O)(=O)N2CCNC(=O)C2)cc1)c1ccc(F)c(F)c1. The van der Waals surface area contributed by atoms with Crippen molar-refractivity contribution >= 4 is 21.8 Å². The van der Waals surface area contributed by atoms with Gasteiger partial charge < -0.3 is 10.6 Å². The van der Waals surface area contributed by atoms with Gasteiger partial charge in [-0.1, -0.05) is 6.07 Å². The third-order valence-electron chi connectivity index (χ3n) is 4.55. The van der Waals surface area contributed by atoms with Crippen molar-refractivity contribution in [2.45, 2.75) is 17.9 Å². The fraction of sp³-hybridized carbons (Fsp3) is 0.263. The monoisotopic (exact) mass is 423 g/mol. The Morgan fingerprint density at radius 2 is 1.83 bits per heavy atom. The van der Waals surface area contributed by atoms with Crippen molar-refractivity contribution in [1.82, 2.24) is 14.9 Å². The summed E-state index contributed by atoms with van der Waals surface area (Å²) in [5.41, 5.74) is 0.592. The van der Waals surface area contributed by atoms with Crippen LogP contribution in [-0.4, -0.2) is 44.2 Å². The van der Waals surface area contributed by atoms with Gasteiger partial charge in [-0.2, -0.15) is 4.31 Å². The van der Waals surface area contributed by atoms with E-state index in [0.717, 1.165) is 16.4 Å². The van der Waals surface area contributed by atoms with E-state index in [0.29, 0.717) is 5.56 Å². The first-order valence-corrected chi connectivity index (χ1v) is 10.2. The summed E-state index contributed by atoms with van der Waals surface area (Å²) in [6, 6.07) is 8.05.